The minimum absolute atomic E-state index is 0.0451. The van der Waals surface area contributed by atoms with E-state index >= 15 is 0 Å². The molecule has 0 saturated heterocycles. The van der Waals surface area contributed by atoms with Crippen molar-refractivity contribution in [3.63, 3.8) is 0 Å². The van der Waals surface area contributed by atoms with Gasteiger partial charge in [-0.3, -0.25) is 9.59 Å². The number of hydrogen-bond donors (Lipinski definition) is 0. The van der Waals surface area contributed by atoms with Crippen LogP contribution >= 0.6 is 23.2 Å². The van der Waals surface area contributed by atoms with E-state index in [1.807, 2.05) is 0 Å². The van der Waals surface area contributed by atoms with Crippen LogP contribution in [0.5, 0.6) is 0 Å². The summed E-state index contributed by atoms with van der Waals surface area (Å²) < 4.78 is 1.66. The van der Waals surface area contributed by atoms with E-state index in [-0.39, 0.29) is 18.1 Å². The second-order valence-electron chi connectivity index (χ2n) is 4.37. The molecule has 0 N–H and O–H groups in total. The summed E-state index contributed by atoms with van der Waals surface area (Å²) >= 11 is 11.8. The number of pyridine rings is 1. The average Bonchev–Trinajstić information content (AvgIpc) is 2.38. The minimum Gasteiger partial charge on any atom is -0.294 e. The molecule has 1 heterocycles. The quantitative estimate of drug-likeness (QED) is 0.641. The van der Waals surface area contributed by atoms with Crippen LogP contribution < -0.4 is 4.57 Å². The van der Waals surface area contributed by atoms with Gasteiger partial charge in [0.1, 0.15) is 0 Å². The van der Waals surface area contributed by atoms with Crippen molar-refractivity contribution in [2.45, 2.75) is 13.5 Å². The topological polar surface area (TPSA) is 38.0 Å². The Morgan fingerprint density at radius 1 is 1.20 bits per heavy atom. The first-order chi connectivity index (χ1) is 9.47. The second kappa shape index (κ2) is 6.16. The predicted octanol–water partition coefficient (Wildman–Crippen LogP) is 3.37. The maximum atomic E-state index is 12.2. The van der Waals surface area contributed by atoms with E-state index in [0.29, 0.717) is 21.2 Å². The van der Waals surface area contributed by atoms with Crippen molar-refractivity contribution in [1.82, 2.24) is 0 Å². The Morgan fingerprint density at radius 2 is 1.95 bits per heavy atom. The molecule has 0 atom stereocenters. The SMILES string of the molecule is CC(=O)c1ccc[n+](CC(=O)c2ccc(Cl)cc2Cl)c1. The Labute approximate surface area is 126 Å². The minimum atomic E-state index is -0.141. The number of ketones is 2. The number of carbonyl (C=O) groups is 2. The van der Waals surface area contributed by atoms with Gasteiger partial charge in [0.05, 0.1) is 10.6 Å². The maximum Gasteiger partial charge on any atom is 0.229 e. The van der Waals surface area contributed by atoms with Crippen molar-refractivity contribution in [1.29, 1.82) is 0 Å². The number of nitrogens with zero attached hydrogens (tertiary/aromatic N) is 1. The summed E-state index contributed by atoms with van der Waals surface area (Å²) in [5.74, 6) is -0.186. The predicted molar refractivity (Wildman–Crippen MR) is 77.4 cm³/mol. The lowest BCUT2D eigenvalue weighted by atomic mass is 10.1. The van der Waals surface area contributed by atoms with Gasteiger partial charge in [0, 0.05) is 16.7 Å². The number of benzene rings is 1. The lowest BCUT2D eigenvalue weighted by Gasteiger charge is -2.02. The molecule has 102 valence electrons. The largest absolute Gasteiger partial charge is 0.294 e. The second-order valence-corrected chi connectivity index (χ2v) is 5.21. The number of hydrogen-bond acceptors (Lipinski definition) is 2. The van der Waals surface area contributed by atoms with E-state index in [4.69, 9.17) is 23.2 Å². The summed E-state index contributed by atoms with van der Waals surface area (Å²) in [6.07, 6.45) is 3.37. The molecule has 3 nitrogen and oxygen atoms in total. The van der Waals surface area contributed by atoms with Crippen LogP contribution in [0.4, 0.5) is 0 Å². The average molecular weight is 309 g/mol. The molecule has 2 aromatic rings. The van der Waals surface area contributed by atoms with Crippen molar-refractivity contribution in [3.05, 3.63) is 63.9 Å². The lowest BCUT2D eigenvalue weighted by molar-refractivity contribution is -0.683. The first-order valence-corrected chi connectivity index (χ1v) is 6.71. The number of rotatable bonds is 4. The van der Waals surface area contributed by atoms with Gasteiger partial charge in [0.25, 0.3) is 0 Å². The molecule has 5 heteroatoms. The molecule has 0 fully saturated rings. The number of halogens is 2. The standard InChI is InChI=1S/C15H12Cl2NO2/c1-10(19)11-3-2-6-18(8-11)9-15(20)13-5-4-12(16)7-14(13)17/h2-8H,9H2,1H3/q+1. The first-order valence-electron chi connectivity index (χ1n) is 5.95. The molecular weight excluding hydrogens is 297 g/mol. The van der Waals surface area contributed by atoms with E-state index in [0.717, 1.165) is 0 Å². The molecule has 0 radical (unpaired) electrons. The van der Waals surface area contributed by atoms with Crippen LogP contribution in [0.1, 0.15) is 27.6 Å². The fraction of sp³-hybridized carbons (Fsp3) is 0.133. The van der Waals surface area contributed by atoms with Crippen LogP contribution in [0.2, 0.25) is 10.0 Å². The monoisotopic (exact) mass is 308 g/mol. The van der Waals surface area contributed by atoms with E-state index < -0.39 is 0 Å². The molecular formula is C15H12Cl2NO2+. The molecule has 0 spiro atoms. The van der Waals surface area contributed by atoms with Crippen molar-refractivity contribution in [2.24, 2.45) is 0 Å². The molecule has 0 bridgehead atoms. The molecule has 2 rings (SSSR count). The Morgan fingerprint density at radius 3 is 2.60 bits per heavy atom. The molecule has 1 aromatic carbocycles. The van der Waals surface area contributed by atoms with E-state index in [2.05, 4.69) is 0 Å². The number of carbonyl (C=O) groups excluding carboxylic acids is 2. The third-order valence-electron chi connectivity index (χ3n) is 2.82. The Bertz CT molecular complexity index is 683. The van der Waals surface area contributed by atoms with Crippen LogP contribution in [-0.4, -0.2) is 11.6 Å². The molecule has 1 aromatic heterocycles. The van der Waals surface area contributed by atoms with Gasteiger partial charge in [-0.1, -0.05) is 23.2 Å². The van der Waals surface area contributed by atoms with E-state index in [1.165, 1.54) is 13.0 Å². The third-order valence-corrected chi connectivity index (χ3v) is 3.37. The highest BCUT2D eigenvalue weighted by molar-refractivity contribution is 6.36. The summed E-state index contributed by atoms with van der Waals surface area (Å²) in [4.78, 5) is 23.5. The zero-order chi connectivity index (χ0) is 14.7. The van der Waals surface area contributed by atoms with E-state index in [9.17, 15) is 9.59 Å². The third kappa shape index (κ3) is 3.44. The molecule has 0 aliphatic rings. The van der Waals surface area contributed by atoms with Gasteiger partial charge >= 0.3 is 0 Å². The van der Waals surface area contributed by atoms with Crippen molar-refractivity contribution >= 4 is 34.8 Å². The van der Waals surface area contributed by atoms with Crippen molar-refractivity contribution in [3.8, 4) is 0 Å². The van der Waals surface area contributed by atoms with Crippen LogP contribution in [0.25, 0.3) is 0 Å². The summed E-state index contributed by atoms with van der Waals surface area (Å²) in [6, 6.07) is 8.19. The van der Waals surface area contributed by atoms with Gasteiger partial charge in [0.2, 0.25) is 12.3 Å². The highest BCUT2D eigenvalue weighted by atomic mass is 35.5. The molecule has 0 aliphatic carbocycles. The molecule has 0 aliphatic heterocycles. The fourth-order valence-corrected chi connectivity index (χ4v) is 2.31. The molecule has 0 amide bonds. The van der Waals surface area contributed by atoms with Gasteiger partial charge in [-0.25, -0.2) is 0 Å². The van der Waals surface area contributed by atoms with Gasteiger partial charge in [-0.2, -0.15) is 4.57 Å². The summed E-state index contributed by atoms with van der Waals surface area (Å²) in [5.41, 5.74) is 0.972. The summed E-state index contributed by atoms with van der Waals surface area (Å²) in [5, 5.41) is 0.809. The van der Waals surface area contributed by atoms with Crippen LogP contribution in [0.15, 0.2) is 42.7 Å². The van der Waals surface area contributed by atoms with Gasteiger partial charge in [-0.15, -0.1) is 0 Å². The highest BCUT2D eigenvalue weighted by Crippen LogP contribution is 2.21. The van der Waals surface area contributed by atoms with Crippen molar-refractivity contribution < 1.29 is 14.2 Å². The molecule has 0 saturated carbocycles. The highest BCUT2D eigenvalue weighted by Gasteiger charge is 2.16. The smallest absolute Gasteiger partial charge is 0.229 e. The number of aromatic nitrogens is 1. The normalized spacial score (nSPS) is 10.3. The van der Waals surface area contributed by atoms with Gasteiger partial charge in [-0.05, 0) is 31.2 Å². The van der Waals surface area contributed by atoms with Crippen LogP contribution in [0, 0.1) is 0 Å². The Balaban J connectivity index is 2.23. The zero-order valence-electron chi connectivity index (χ0n) is 10.8. The zero-order valence-corrected chi connectivity index (χ0v) is 12.3. The molecule has 20 heavy (non-hydrogen) atoms. The Kier molecular flexibility index (Phi) is 4.53. The maximum absolute atomic E-state index is 12.2. The van der Waals surface area contributed by atoms with Crippen LogP contribution in [-0.2, 0) is 6.54 Å². The summed E-state index contributed by atoms with van der Waals surface area (Å²) in [7, 11) is 0. The van der Waals surface area contributed by atoms with Gasteiger partial charge in [0.15, 0.2) is 18.2 Å². The van der Waals surface area contributed by atoms with Gasteiger partial charge < -0.3 is 0 Å². The van der Waals surface area contributed by atoms with Crippen molar-refractivity contribution in [2.75, 3.05) is 0 Å². The summed E-state index contributed by atoms with van der Waals surface area (Å²) in [6.45, 7) is 1.60. The fourth-order valence-electron chi connectivity index (χ4n) is 1.80. The lowest BCUT2D eigenvalue weighted by Crippen LogP contribution is -2.38. The van der Waals surface area contributed by atoms with E-state index in [1.54, 1.807) is 41.2 Å². The molecule has 0 unspecified atom stereocenters. The van der Waals surface area contributed by atoms with Crippen LogP contribution in [0.3, 0.4) is 0 Å². The number of Topliss-reactive ketones (excluding diaryl/α,β-unsaturated/α-hetero) is 2. The Hall–Kier alpha value is -1.71. The first kappa shape index (κ1) is 14.7.